The van der Waals surface area contributed by atoms with E-state index >= 15 is 0 Å². The lowest BCUT2D eigenvalue weighted by molar-refractivity contribution is 0.0739. The Bertz CT molecular complexity index is 164. The van der Waals surface area contributed by atoms with Gasteiger partial charge in [-0.05, 0) is 37.6 Å². The highest BCUT2D eigenvalue weighted by Gasteiger charge is 2.43. The van der Waals surface area contributed by atoms with Gasteiger partial charge in [0.1, 0.15) is 0 Å². The van der Waals surface area contributed by atoms with Crippen molar-refractivity contribution in [2.24, 2.45) is 11.3 Å². The van der Waals surface area contributed by atoms with E-state index in [-0.39, 0.29) is 11.3 Å². The first kappa shape index (κ1) is 8.42. The predicted octanol–water partition coefficient (Wildman–Crippen LogP) is 2.03. The fraction of sp³-hybridized carbons (Fsp3) is 1.00. The molecule has 1 aliphatic carbocycles. The molecule has 0 amide bonds. The van der Waals surface area contributed by atoms with Gasteiger partial charge in [-0.15, -0.1) is 0 Å². The minimum Gasteiger partial charge on any atom is -0.316 e. The van der Waals surface area contributed by atoms with E-state index in [9.17, 15) is 8.78 Å². The molecule has 1 aliphatic heterocycles. The van der Waals surface area contributed by atoms with E-state index < -0.39 is 6.43 Å². The minimum absolute atomic E-state index is 0.251. The molecular weight excluding hydrogens is 160 g/mol. The van der Waals surface area contributed by atoms with Crippen LogP contribution in [0.15, 0.2) is 0 Å². The van der Waals surface area contributed by atoms with Gasteiger partial charge in [0.05, 0.1) is 0 Å². The zero-order valence-corrected chi connectivity index (χ0v) is 7.15. The second-order valence-electron chi connectivity index (χ2n) is 4.26. The van der Waals surface area contributed by atoms with Crippen LogP contribution in [-0.4, -0.2) is 19.5 Å². The van der Waals surface area contributed by atoms with Crippen molar-refractivity contribution in [3.8, 4) is 0 Å². The molecular formula is C9H15F2N. The van der Waals surface area contributed by atoms with Crippen molar-refractivity contribution in [3.63, 3.8) is 0 Å². The normalized spacial score (nSPS) is 41.8. The maximum atomic E-state index is 12.4. The predicted molar refractivity (Wildman–Crippen MR) is 43.3 cm³/mol. The van der Waals surface area contributed by atoms with Crippen molar-refractivity contribution in [2.75, 3.05) is 13.1 Å². The van der Waals surface area contributed by atoms with Crippen molar-refractivity contribution in [1.29, 1.82) is 0 Å². The molecule has 2 rings (SSSR count). The highest BCUT2D eigenvalue weighted by atomic mass is 19.3. The van der Waals surface area contributed by atoms with E-state index in [1.807, 2.05) is 0 Å². The van der Waals surface area contributed by atoms with E-state index in [2.05, 4.69) is 5.32 Å². The SMILES string of the molecule is FC(F)C1CCC2(CCNC2)C1. The molecule has 2 unspecified atom stereocenters. The average molecular weight is 175 g/mol. The standard InChI is InChI=1S/C9H15F2N/c10-8(11)7-1-2-9(5-7)3-4-12-6-9/h7-8,12H,1-6H2. The van der Waals surface area contributed by atoms with Gasteiger partial charge < -0.3 is 5.32 Å². The maximum Gasteiger partial charge on any atom is 0.241 e. The molecule has 1 N–H and O–H groups in total. The fourth-order valence-corrected chi connectivity index (χ4v) is 2.65. The summed E-state index contributed by atoms with van der Waals surface area (Å²) >= 11 is 0. The molecule has 1 saturated heterocycles. The molecule has 1 nitrogen and oxygen atoms in total. The van der Waals surface area contributed by atoms with Gasteiger partial charge in [-0.3, -0.25) is 0 Å². The second kappa shape index (κ2) is 2.95. The van der Waals surface area contributed by atoms with Crippen molar-refractivity contribution < 1.29 is 8.78 Å². The smallest absolute Gasteiger partial charge is 0.241 e. The molecule has 1 spiro atoms. The van der Waals surface area contributed by atoms with Crippen LogP contribution in [0.5, 0.6) is 0 Å². The van der Waals surface area contributed by atoms with Crippen LogP contribution < -0.4 is 5.32 Å². The van der Waals surface area contributed by atoms with Gasteiger partial charge in [-0.1, -0.05) is 0 Å². The van der Waals surface area contributed by atoms with Gasteiger partial charge in [-0.25, -0.2) is 8.78 Å². The van der Waals surface area contributed by atoms with Crippen LogP contribution in [0.1, 0.15) is 25.7 Å². The number of alkyl halides is 2. The summed E-state index contributed by atoms with van der Waals surface area (Å²) in [6, 6.07) is 0. The third-order valence-corrected chi connectivity index (χ3v) is 3.43. The van der Waals surface area contributed by atoms with Crippen LogP contribution >= 0.6 is 0 Å². The highest BCUT2D eigenvalue weighted by molar-refractivity contribution is 4.95. The second-order valence-corrected chi connectivity index (χ2v) is 4.26. The van der Waals surface area contributed by atoms with E-state index in [0.717, 1.165) is 38.8 Å². The first-order valence-electron chi connectivity index (χ1n) is 4.71. The lowest BCUT2D eigenvalue weighted by atomic mass is 9.85. The monoisotopic (exact) mass is 175 g/mol. The molecule has 2 fully saturated rings. The Morgan fingerprint density at radius 3 is 2.67 bits per heavy atom. The quantitative estimate of drug-likeness (QED) is 0.643. The summed E-state index contributed by atoms with van der Waals surface area (Å²) in [6.45, 7) is 1.99. The lowest BCUT2D eigenvalue weighted by Gasteiger charge is -2.21. The van der Waals surface area contributed by atoms with Crippen molar-refractivity contribution in [2.45, 2.75) is 32.1 Å². The molecule has 2 aliphatic rings. The molecule has 12 heavy (non-hydrogen) atoms. The third kappa shape index (κ3) is 1.35. The van der Waals surface area contributed by atoms with Crippen LogP contribution in [0.2, 0.25) is 0 Å². The molecule has 0 aromatic carbocycles. The van der Waals surface area contributed by atoms with Gasteiger partial charge in [0, 0.05) is 12.5 Å². The largest absolute Gasteiger partial charge is 0.316 e. The molecule has 0 bridgehead atoms. The van der Waals surface area contributed by atoms with Crippen molar-refractivity contribution in [3.05, 3.63) is 0 Å². The van der Waals surface area contributed by atoms with E-state index in [1.54, 1.807) is 0 Å². The van der Waals surface area contributed by atoms with E-state index in [1.165, 1.54) is 0 Å². The lowest BCUT2D eigenvalue weighted by Crippen LogP contribution is -2.21. The van der Waals surface area contributed by atoms with Crippen LogP contribution in [0, 0.1) is 11.3 Å². The number of hydrogen-bond donors (Lipinski definition) is 1. The van der Waals surface area contributed by atoms with Crippen LogP contribution in [-0.2, 0) is 0 Å². The molecule has 3 heteroatoms. The van der Waals surface area contributed by atoms with Gasteiger partial charge in [-0.2, -0.15) is 0 Å². The van der Waals surface area contributed by atoms with Crippen molar-refractivity contribution in [1.82, 2.24) is 5.32 Å². The minimum atomic E-state index is -2.09. The molecule has 2 atom stereocenters. The molecule has 0 aromatic rings. The zero-order chi connectivity index (χ0) is 8.60. The molecule has 1 heterocycles. The summed E-state index contributed by atoms with van der Waals surface area (Å²) in [5.41, 5.74) is 0.251. The van der Waals surface area contributed by atoms with Crippen molar-refractivity contribution >= 4 is 0 Å². The Morgan fingerprint density at radius 1 is 1.33 bits per heavy atom. The molecule has 1 saturated carbocycles. The molecule has 0 aromatic heterocycles. The molecule has 70 valence electrons. The first-order chi connectivity index (χ1) is 5.72. The summed E-state index contributed by atoms with van der Waals surface area (Å²) in [5.74, 6) is -0.315. The van der Waals surface area contributed by atoms with Gasteiger partial charge in [0.25, 0.3) is 0 Å². The van der Waals surface area contributed by atoms with Gasteiger partial charge in [0.15, 0.2) is 0 Å². The summed E-state index contributed by atoms with van der Waals surface area (Å²) < 4.78 is 24.7. The van der Waals surface area contributed by atoms with Crippen LogP contribution in [0.25, 0.3) is 0 Å². The number of halogens is 2. The first-order valence-corrected chi connectivity index (χ1v) is 4.71. The summed E-state index contributed by atoms with van der Waals surface area (Å²) in [7, 11) is 0. The number of rotatable bonds is 1. The van der Waals surface area contributed by atoms with Crippen LogP contribution in [0.3, 0.4) is 0 Å². The topological polar surface area (TPSA) is 12.0 Å². The highest BCUT2D eigenvalue weighted by Crippen LogP contribution is 2.47. The Labute approximate surface area is 71.5 Å². The van der Waals surface area contributed by atoms with Gasteiger partial charge >= 0.3 is 0 Å². The third-order valence-electron chi connectivity index (χ3n) is 3.43. The summed E-state index contributed by atoms with van der Waals surface area (Å²) in [5, 5.41) is 3.27. The Balaban J connectivity index is 1.96. The van der Waals surface area contributed by atoms with Crippen LogP contribution in [0.4, 0.5) is 8.78 Å². The zero-order valence-electron chi connectivity index (χ0n) is 7.15. The summed E-state index contributed by atoms with van der Waals surface area (Å²) in [4.78, 5) is 0. The van der Waals surface area contributed by atoms with E-state index in [0.29, 0.717) is 0 Å². The average Bonchev–Trinajstić information content (AvgIpc) is 2.62. The summed E-state index contributed by atoms with van der Waals surface area (Å²) in [6.07, 6.45) is 1.51. The van der Waals surface area contributed by atoms with Gasteiger partial charge in [0.2, 0.25) is 6.43 Å². The molecule has 0 radical (unpaired) electrons. The number of nitrogens with one attached hydrogen (secondary N) is 1. The number of hydrogen-bond acceptors (Lipinski definition) is 1. The Kier molecular flexibility index (Phi) is 2.07. The fourth-order valence-electron chi connectivity index (χ4n) is 2.65. The maximum absolute atomic E-state index is 12.4. The Hall–Kier alpha value is -0.180. The van der Waals surface area contributed by atoms with E-state index in [4.69, 9.17) is 0 Å². The Morgan fingerprint density at radius 2 is 2.17 bits per heavy atom.